The second-order valence-electron chi connectivity index (χ2n) is 9.86. The van der Waals surface area contributed by atoms with Crippen LogP contribution in [-0.2, 0) is 24.7 Å². The molecular weight excluding hydrogens is 560 g/mol. The summed E-state index contributed by atoms with van der Waals surface area (Å²) in [6, 6.07) is 19.4. The van der Waals surface area contributed by atoms with Crippen LogP contribution in [0.1, 0.15) is 18.4 Å². The van der Waals surface area contributed by atoms with Gasteiger partial charge in [-0.3, -0.25) is 9.10 Å². The summed E-state index contributed by atoms with van der Waals surface area (Å²) in [6.07, 6.45) is -0.150. The Morgan fingerprint density at radius 1 is 1.00 bits per heavy atom. The van der Waals surface area contributed by atoms with Crippen molar-refractivity contribution < 1.29 is 26.4 Å². The number of halogens is 1. The Bertz CT molecular complexity index is 1610. The molecule has 5 rings (SSSR count). The topological polar surface area (TPSA) is 101 Å². The van der Waals surface area contributed by atoms with Crippen LogP contribution in [0.3, 0.4) is 0 Å². The van der Waals surface area contributed by atoms with E-state index in [1.807, 2.05) is 37.3 Å². The van der Waals surface area contributed by atoms with Crippen LogP contribution in [-0.4, -0.2) is 64.9 Å². The van der Waals surface area contributed by atoms with Gasteiger partial charge in [0.2, 0.25) is 5.91 Å². The first kappa shape index (κ1) is 27.5. The predicted octanol–water partition coefficient (Wildman–Crippen LogP) is 4.31. The molecule has 0 spiro atoms. The van der Waals surface area contributed by atoms with Crippen molar-refractivity contribution in [2.75, 3.05) is 35.4 Å². The van der Waals surface area contributed by atoms with E-state index in [0.29, 0.717) is 16.5 Å². The van der Waals surface area contributed by atoms with Crippen molar-refractivity contribution in [3.8, 4) is 16.9 Å². The second kappa shape index (κ2) is 10.8. The molecule has 206 valence electrons. The predicted molar refractivity (Wildman–Crippen MR) is 151 cm³/mol. The Morgan fingerprint density at radius 2 is 1.72 bits per heavy atom. The van der Waals surface area contributed by atoms with Gasteiger partial charge in [0.05, 0.1) is 28.6 Å². The van der Waals surface area contributed by atoms with E-state index < -0.39 is 26.0 Å². The lowest BCUT2D eigenvalue weighted by Crippen LogP contribution is -2.46. The molecule has 0 saturated carbocycles. The molecule has 2 aliphatic heterocycles. The molecule has 2 heterocycles. The van der Waals surface area contributed by atoms with E-state index in [-0.39, 0.29) is 54.8 Å². The highest BCUT2D eigenvalue weighted by molar-refractivity contribution is 7.93. The average Bonchev–Trinajstić information content (AvgIpc) is 2.91. The fourth-order valence-corrected chi connectivity index (χ4v) is 7.84. The second-order valence-corrected chi connectivity index (χ2v) is 14.5. The van der Waals surface area contributed by atoms with E-state index >= 15 is 0 Å². The first-order valence-corrected chi connectivity index (χ1v) is 16.3. The third-order valence-electron chi connectivity index (χ3n) is 7.00. The highest BCUT2D eigenvalue weighted by Crippen LogP contribution is 2.41. The highest BCUT2D eigenvalue weighted by Gasteiger charge is 2.35. The number of sulfone groups is 1. The number of aryl methyl sites for hydroxylation is 1. The van der Waals surface area contributed by atoms with Gasteiger partial charge in [0.25, 0.3) is 10.0 Å². The number of fused-ring (bicyclic) bond motifs is 1. The van der Waals surface area contributed by atoms with Crippen LogP contribution in [0.25, 0.3) is 11.1 Å². The van der Waals surface area contributed by atoms with Crippen LogP contribution >= 0.6 is 11.6 Å². The van der Waals surface area contributed by atoms with E-state index in [2.05, 4.69) is 0 Å². The molecule has 0 radical (unpaired) electrons. The molecule has 1 fully saturated rings. The highest BCUT2D eigenvalue weighted by atomic mass is 35.5. The van der Waals surface area contributed by atoms with Crippen LogP contribution in [0.15, 0.2) is 71.6 Å². The van der Waals surface area contributed by atoms with Crippen molar-refractivity contribution in [1.82, 2.24) is 4.90 Å². The van der Waals surface area contributed by atoms with Crippen LogP contribution in [0, 0.1) is 6.92 Å². The van der Waals surface area contributed by atoms with E-state index in [1.54, 1.807) is 41.3 Å². The first-order chi connectivity index (χ1) is 18.5. The van der Waals surface area contributed by atoms with Gasteiger partial charge in [-0.15, -0.1) is 0 Å². The third kappa shape index (κ3) is 6.08. The smallest absolute Gasteiger partial charge is 0.264 e. The Labute approximate surface area is 234 Å². The number of anilines is 1. The Balaban J connectivity index is 1.43. The zero-order chi connectivity index (χ0) is 27.8. The minimum atomic E-state index is -3.94. The van der Waals surface area contributed by atoms with Crippen LogP contribution in [0.4, 0.5) is 5.69 Å². The van der Waals surface area contributed by atoms with Crippen LogP contribution in [0.2, 0.25) is 5.02 Å². The lowest BCUT2D eigenvalue weighted by Gasteiger charge is -2.36. The van der Waals surface area contributed by atoms with Gasteiger partial charge < -0.3 is 9.64 Å². The zero-order valence-corrected chi connectivity index (χ0v) is 23.8. The molecule has 1 atom stereocenters. The fraction of sp³-hybridized carbons (Fsp3) is 0.321. The molecule has 0 bridgehead atoms. The van der Waals surface area contributed by atoms with Gasteiger partial charge in [-0.05, 0) is 66.4 Å². The number of benzene rings is 3. The van der Waals surface area contributed by atoms with E-state index in [0.717, 1.165) is 16.7 Å². The molecule has 8 nitrogen and oxygen atoms in total. The van der Waals surface area contributed by atoms with Crippen LogP contribution in [0.5, 0.6) is 5.75 Å². The maximum atomic E-state index is 13.9. The number of carbonyl (C=O) groups excluding carboxylic acids is 1. The number of ether oxygens (including phenoxy) is 1. The molecule has 3 aromatic carbocycles. The van der Waals surface area contributed by atoms with Gasteiger partial charge in [-0.25, -0.2) is 16.8 Å². The molecule has 0 aliphatic carbocycles. The van der Waals surface area contributed by atoms with Gasteiger partial charge >= 0.3 is 0 Å². The number of sulfonamides is 1. The van der Waals surface area contributed by atoms with Gasteiger partial charge in [0.1, 0.15) is 11.9 Å². The van der Waals surface area contributed by atoms with Crippen molar-refractivity contribution in [2.45, 2.75) is 30.8 Å². The summed E-state index contributed by atoms with van der Waals surface area (Å²) in [5.41, 5.74) is 2.87. The monoisotopic (exact) mass is 588 g/mol. The summed E-state index contributed by atoms with van der Waals surface area (Å²) in [6.45, 7) is 2.22. The average molecular weight is 589 g/mol. The van der Waals surface area contributed by atoms with Crippen molar-refractivity contribution >= 4 is 43.1 Å². The molecule has 0 N–H and O–H groups in total. The Morgan fingerprint density at radius 3 is 2.44 bits per heavy atom. The number of nitrogens with zero attached hydrogens (tertiary/aromatic N) is 2. The van der Waals surface area contributed by atoms with Gasteiger partial charge in [-0.1, -0.05) is 41.9 Å². The minimum absolute atomic E-state index is 0.0317. The summed E-state index contributed by atoms with van der Waals surface area (Å²) in [7, 11) is -7.04. The quantitative estimate of drug-likeness (QED) is 0.425. The molecule has 39 heavy (non-hydrogen) atoms. The van der Waals surface area contributed by atoms with Crippen LogP contribution < -0.4 is 9.04 Å². The number of rotatable bonds is 6. The summed E-state index contributed by atoms with van der Waals surface area (Å²) in [5.74, 6) is 0.168. The summed E-state index contributed by atoms with van der Waals surface area (Å²) in [4.78, 5) is 14.5. The summed E-state index contributed by atoms with van der Waals surface area (Å²) < 4.78 is 58.8. The number of carbonyl (C=O) groups is 1. The molecule has 1 saturated heterocycles. The fourth-order valence-electron chi connectivity index (χ4n) is 4.84. The Hall–Kier alpha value is -3.08. The molecule has 0 unspecified atom stereocenters. The number of hydrogen-bond donors (Lipinski definition) is 0. The largest absolute Gasteiger partial charge is 0.486 e. The SMILES string of the molecule is Cc1cccc(S(=O)(=O)N2C[C@H](CCC(=O)N3CCS(=O)(=O)CC3)Oc3ccc(-c4cccc(Cl)c4)cc32)c1. The first-order valence-electron chi connectivity index (χ1n) is 12.7. The van der Waals surface area contributed by atoms with Crippen molar-refractivity contribution in [1.29, 1.82) is 0 Å². The molecule has 2 aliphatic rings. The van der Waals surface area contributed by atoms with E-state index in [1.165, 1.54) is 4.31 Å². The molecular formula is C28H29ClN2O6S2. The molecule has 1 amide bonds. The maximum Gasteiger partial charge on any atom is 0.264 e. The van der Waals surface area contributed by atoms with Crippen molar-refractivity contribution in [3.05, 3.63) is 77.3 Å². The van der Waals surface area contributed by atoms with Crippen molar-refractivity contribution in [2.24, 2.45) is 0 Å². The minimum Gasteiger partial charge on any atom is -0.486 e. The third-order valence-corrected chi connectivity index (χ3v) is 10.6. The standard InChI is InChI=1S/C28H29ClN2O6S2/c1-20-4-2-7-25(16-20)39(35,36)31-19-24(9-11-28(32)30-12-14-38(33,34)15-13-30)37-27-10-8-22(18-26(27)31)21-5-3-6-23(29)17-21/h2-8,10,16-18,24H,9,11-15,19H2,1H3/t24-/m0/s1. The lowest BCUT2D eigenvalue weighted by atomic mass is 10.0. The van der Waals surface area contributed by atoms with Gasteiger partial charge in [-0.2, -0.15) is 0 Å². The molecule has 0 aromatic heterocycles. The van der Waals surface area contributed by atoms with E-state index in [4.69, 9.17) is 16.3 Å². The lowest BCUT2D eigenvalue weighted by molar-refractivity contribution is -0.131. The Kier molecular flexibility index (Phi) is 7.63. The normalized spacial score (nSPS) is 18.8. The number of hydrogen-bond acceptors (Lipinski definition) is 6. The molecule has 11 heteroatoms. The zero-order valence-electron chi connectivity index (χ0n) is 21.4. The maximum absolute atomic E-state index is 13.9. The van der Waals surface area contributed by atoms with Gasteiger partial charge in [0.15, 0.2) is 9.84 Å². The summed E-state index contributed by atoms with van der Waals surface area (Å²) in [5, 5.41) is 0.571. The number of amides is 1. The summed E-state index contributed by atoms with van der Waals surface area (Å²) >= 11 is 6.19. The molecule has 3 aromatic rings. The van der Waals surface area contributed by atoms with E-state index in [9.17, 15) is 21.6 Å². The van der Waals surface area contributed by atoms with Crippen molar-refractivity contribution in [3.63, 3.8) is 0 Å². The van der Waals surface area contributed by atoms with Gasteiger partial charge in [0, 0.05) is 24.5 Å².